The van der Waals surface area contributed by atoms with Gasteiger partial charge in [-0.15, -0.1) is 0 Å². The first-order valence-electron chi connectivity index (χ1n) is 5.91. The zero-order valence-corrected chi connectivity index (χ0v) is 9.28. The number of hydrogen-bond acceptors (Lipinski definition) is 3. The molecule has 1 aromatic rings. The summed E-state index contributed by atoms with van der Waals surface area (Å²) >= 11 is 0. The minimum Gasteiger partial charge on any atom is -0.299 e. The Bertz CT molecular complexity index is 467. The van der Waals surface area contributed by atoms with Gasteiger partial charge < -0.3 is 0 Å². The van der Waals surface area contributed by atoms with Gasteiger partial charge in [0.25, 0.3) is 0 Å². The molecule has 0 amide bonds. The third-order valence-corrected chi connectivity index (χ3v) is 4.05. The fourth-order valence-electron chi connectivity index (χ4n) is 3.23. The maximum atomic E-state index is 11.6. The van der Waals surface area contributed by atoms with Crippen molar-refractivity contribution in [2.24, 2.45) is 11.8 Å². The number of benzene rings is 1. The van der Waals surface area contributed by atoms with Gasteiger partial charge in [0.1, 0.15) is 5.78 Å². The Kier molecular flexibility index (Phi) is 2.24. The summed E-state index contributed by atoms with van der Waals surface area (Å²) in [7, 11) is 0. The van der Waals surface area contributed by atoms with Crippen LogP contribution in [0.15, 0.2) is 30.3 Å². The van der Waals surface area contributed by atoms with Crippen molar-refractivity contribution in [3.63, 3.8) is 0 Å². The second kappa shape index (κ2) is 3.65. The molecule has 0 heterocycles. The lowest BCUT2D eigenvalue weighted by Crippen LogP contribution is -2.15. The molecule has 0 spiro atoms. The first-order chi connectivity index (χ1) is 8.20. The zero-order valence-electron chi connectivity index (χ0n) is 9.28. The van der Waals surface area contributed by atoms with Gasteiger partial charge in [0.15, 0.2) is 0 Å². The van der Waals surface area contributed by atoms with E-state index in [-0.39, 0.29) is 28.5 Å². The van der Waals surface area contributed by atoms with Gasteiger partial charge in [0, 0.05) is 11.3 Å². The molecular formula is C13H13NO3. The SMILES string of the molecule is O=C1CC[C@@H](c2ccccc2)[C@H]2[C@@H]1[C@@H]2[N+](=O)[O-]. The van der Waals surface area contributed by atoms with Crippen molar-refractivity contribution in [3.05, 3.63) is 46.0 Å². The van der Waals surface area contributed by atoms with Gasteiger partial charge in [-0.3, -0.25) is 14.9 Å². The third kappa shape index (κ3) is 1.55. The molecule has 2 aliphatic carbocycles. The average Bonchev–Trinajstić information content (AvgIpc) is 3.07. The standard InChI is InChI=1S/C13H13NO3/c15-10-7-6-9(8-4-2-1-3-5-8)11-12(10)13(11)14(16)17/h1-5,9,11-13H,6-7H2/t9-,11-,12+,13+/m0/s1. The van der Waals surface area contributed by atoms with Gasteiger partial charge in [0.05, 0.1) is 11.8 Å². The minimum absolute atomic E-state index is 0.0614. The Morgan fingerprint density at radius 3 is 2.59 bits per heavy atom. The number of carbonyl (C=O) groups excluding carboxylic acids is 1. The van der Waals surface area contributed by atoms with Crippen LogP contribution in [-0.4, -0.2) is 16.7 Å². The lowest BCUT2D eigenvalue weighted by Gasteiger charge is -2.19. The van der Waals surface area contributed by atoms with Gasteiger partial charge >= 0.3 is 0 Å². The number of ketones is 1. The van der Waals surface area contributed by atoms with Gasteiger partial charge in [-0.05, 0) is 17.9 Å². The minimum atomic E-state index is -0.629. The molecule has 0 aliphatic heterocycles. The summed E-state index contributed by atoms with van der Waals surface area (Å²) in [6, 6.07) is 9.22. The van der Waals surface area contributed by atoms with E-state index < -0.39 is 6.04 Å². The van der Waals surface area contributed by atoms with E-state index in [4.69, 9.17) is 0 Å². The van der Waals surface area contributed by atoms with Crippen LogP contribution in [0, 0.1) is 22.0 Å². The highest BCUT2D eigenvalue weighted by Gasteiger charge is 2.68. The molecule has 4 heteroatoms. The molecule has 88 valence electrons. The summed E-state index contributed by atoms with van der Waals surface area (Å²) in [6.07, 6.45) is 1.25. The number of nitro groups is 1. The highest BCUT2D eigenvalue weighted by atomic mass is 16.6. The Balaban J connectivity index is 1.89. The molecule has 4 nitrogen and oxygen atoms in total. The molecule has 17 heavy (non-hydrogen) atoms. The second-order valence-corrected chi connectivity index (χ2v) is 4.90. The lowest BCUT2D eigenvalue weighted by atomic mass is 9.83. The van der Waals surface area contributed by atoms with Crippen LogP contribution in [0.1, 0.15) is 24.3 Å². The predicted octanol–water partition coefficient (Wildman–Crippen LogP) is 2.02. The smallest absolute Gasteiger partial charge is 0.227 e. The summed E-state index contributed by atoms with van der Waals surface area (Å²) in [4.78, 5) is 22.3. The number of hydrogen-bond donors (Lipinski definition) is 0. The van der Waals surface area contributed by atoms with Crippen LogP contribution in [0.3, 0.4) is 0 Å². The van der Waals surface area contributed by atoms with Gasteiger partial charge in [0.2, 0.25) is 6.04 Å². The van der Waals surface area contributed by atoms with Crippen molar-refractivity contribution in [1.82, 2.24) is 0 Å². The quantitative estimate of drug-likeness (QED) is 0.578. The monoisotopic (exact) mass is 231 g/mol. The number of nitrogens with zero attached hydrogens (tertiary/aromatic N) is 1. The Hall–Kier alpha value is -1.71. The number of fused-ring (bicyclic) bond motifs is 1. The van der Waals surface area contributed by atoms with E-state index in [1.165, 1.54) is 0 Å². The molecule has 2 saturated carbocycles. The first-order valence-corrected chi connectivity index (χ1v) is 5.91. The van der Waals surface area contributed by atoms with E-state index in [1.54, 1.807) is 0 Å². The summed E-state index contributed by atoms with van der Waals surface area (Å²) in [5.41, 5.74) is 1.14. The number of rotatable bonds is 2. The summed E-state index contributed by atoms with van der Waals surface area (Å²) < 4.78 is 0. The highest BCUT2D eigenvalue weighted by molar-refractivity contribution is 5.86. The molecule has 2 aliphatic rings. The number of carbonyl (C=O) groups is 1. The van der Waals surface area contributed by atoms with Crippen LogP contribution in [0.25, 0.3) is 0 Å². The number of Topliss-reactive ketones (excluding diaryl/α,β-unsaturated/α-hetero) is 1. The van der Waals surface area contributed by atoms with E-state index in [2.05, 4.69) is 0 Å². The maximum absolute atomic E-state index is 11.6. The molecule has 0 unspecified atom stereocenters. The van der Waals surface area contributed by atoms with Crippen molar-refractivity contribution in [2.75, 3.05) is 0 Å². The van der Waals surface area contributed by atoms with Crippen LogP contribution >= 0.6 is 0 Å². The van der Waals surface area contributed by atoms with Crippen LogP contribution in [0.2, 0.25) is 0 Å². The molecule has 0 bridgehead atoms. The van der Waals surface area contributed by atoms with E-state index in [0.717, 1.165) is 12.0 Å². The van der Waals surface area contributed by atoms with Crippen LogP contribution in [0.4, 0.5) is 0 Å². The molecule has 4 atom stereocenters. The Morgan fingerprint density at radius 2 is 1.94 bits per heavy atom. The fourth-order valence-corrected chi connectivity index (χ4v) is 3.23. The summed E-state index contributed by atoms with van der Waals surface area (Å²) in [5, 5.41) is 10.9. The Morgan fingerprint density at radius 1 is 1.24 bits per heavy atom. The lowest BCUT2D eigenvalue weighted by molar-refractivity contribution is -0.500. The highest BCUT2D eigenvalue weighted by Crippen LogP contribution is 2.56. The van der Waals surface area contributed by atoms with E-state index in [9.17, 15) is 14.9 Å². The van der Waals surface area contributed by atoms with Crippen molar-refractivity contribution in [2.45, 2.75) is 24.8 Å². The van der Waals surface area contributed by atoms with E-state index >= 15 is 0 Å². The third-order valence-electron chi connectivity index (χ3n) is 4.05. The van der Waals surface area contributed by atoms with Crippen molar-refractivity contribution < 1.29 is 9.72 Å². The molecule has 1 aromatic carbocycles. The molecule has 2 fully saturated rings. The van der Waals surface area contributed by atoms with E-state index in [1.807, 2.05) is 30.3 Å². The van der Waals surface area contributed by atoms with Gasteiger partial charge in [-0.1, -0.05) is 30.3 Å². The average molecular weight is 231 g/mol. The predicted molar refractivity (Wildman–Crippen MR) is 61.2 cm³/mol. The molecule has 0 saturated heterocycles. The normalized spacial score (nSPS) is 35.2. The maximum Gasteiger partial charge on any atom is 0.227 e. The van der Waals surface area contributed by atoms with Gasteiger partial charge in [-0.2, -0.15) is 0 Å². The fraction of sp³-hybridized carbons (Fsp3) is 0.462. The van der Waals surface area contributed by atoms with E-state index in [0.29, 0.717) is 6.42 Å². The van der Waals surface area contributed by atoms with Crippen molar-refractivity contribution >= 4 is 5.78 Å². The van der Waals surface area contributed by atoms with Crippen LogP contribution < -0.4 is 0 Å². The summed E-state index contributed by atoms with van der Waals surface area (Å²) in [6.45, 7) is 0. The summed E-state index contributed by atoms with van der Waals surface area (Å²) in [5.74, 6) is -0.101. The van der Waals surface area contributed by atoms with Gasteiger partial charge in [-0.25, -0.2) is 0 Å². The topological polar surface area (TPSA) is 60.2 Å². The van der Waals surface area contributed by atoms with Crippen molar-refractivity contribution in [1.29, 1.82) is 0 Å². The first kappa shape index (κ1) is 10.4. The molecule has 0 N–H and O–H groups in total. The molecule has 0 aromatic heterocycles. The largest absolute Gasteiger partial charge is 0.299 e. The second-order valence-electron chi connectivity index (χ2n) is 4.90. The van der Waals surface area contributed by atoms with Crippen LogP contribution in [-0.2, 0) is 4.79 Å². The van der Waals surface area contributed by atoms with Crippen LogP contribution in [0.5, 0.6) is 0 Å². The Labute approximate surface area is 98.8 Å². The molecular weight excluding hydrogens is 218 g/mol. The van der Waals surface area contributed by atoms with Crippen molar-refractivity contribution in [3.8, 4) is 0 Å². The zero-order chi connectivity index (χ0) is 12.0. The molecule has 3 rings (SSSR count). The molecule has 0 radical (unpaired) electrons.